The van der Waals surface area contributed by atoms with Gasteiger partial charge >= 0.3 is 5.69 Å². The summed E-state index contributed by atoms with van der Waals surface area (Å²) in [7, 11) is 1.31. The lowest BCUT2D eigenvalue weighted by Crippen LogP contribution is -2.40. The van der Waals surface area contributed by atoms with Crippen LogP contribution in [0.1, 0.15) is 5.56 Å². The van der Waals surface area contributed by atoms with Gasteiger partial charge in [-0.2, -0.15) is 20.1 Å². The molecule has 3 heterocycles. The number of nitrogens with one attached hydrogen (secondary N) is 1. The molecular formula is C19H24N8O6. The summed E-state index contributed by atoms with van der Waals surface area (Å²) in [5.74, 6) is 0.666. The van der Waals surface area contributed by atoms with Gasteiger partial charge in [0.25, 0.3) is 0 Å². The molecule has 2 aromatic rings. The fraction of sp³-hybridized carbons (Fsp3) is 0.474. The first kappa shape index (κ1) is 22.4. The SMILES string of the molecule is COc1cc(/C=N/Nc2nc(N3CCOCC3)nc(N3CCOCC3)n2)cc([N+](=O)[O-])c1O. The van der Waals surface area contributed by atoms with Crippen molar-refractivity contribution in [2.45, 2.75) is 0 Å². The van der Waals surface area contributed by atoms with Gasteiger partial charge in [-0.3, -0.25) is 10.1 Å². The third kappa shape index (κ3) is 5.35. The number of nitro groups is 1. The van der Waals surface area contributed by atoms with Gasteiger partial charge in [-0.1, -0.05) is 0 Å². The van der Waals surface area contributed by atoms with Crippen LogP contribution in [-0.4, -0.2) is 90.9 Å². The Bertz CT molecular complexity index is 987. The first-order valence-electron chi connectivity index (χ1n) is 10.3. The van der Waals surface area contributed by atoms with E-state index in [1.165, 1.54) is 25.5 Å². The number of aromatic hydroxyl groups is 1. The highest BCUT2D eigenvalue weighted by Gasteiger charge is 2.21. The number of rotatable bonds is 7. The molecule has 0 amide bonds. The Morgan fingerprint density at radius 3 is 2.18 bits per heavy atom. The van der Waals surface area contributed by atoms with Gasteiger partial charge in [0.2, 0.25) is 23.6 Å². The summed E-state index contributed by atoms with van der Waals surface area (Å²) in [5.41, 5.74) is 2.63. The van der Waals surface area contributed by atoms with Gasteiger partial charge in [0.15, 0.2) is 5.75 Å². The summed E-state index contributed by atoms with van der Waals surface area (Å²) in [4.78, 5) is 28.1. The van der Waals surface area contributed by atoms with Crippen LogP contribution >= 0.6 is 0 Å². The largest absolute Gasteiger partial charge is 0.500 e. The van der Waals surface area contributed by atoms with Crippen LogP contribution < -0.4 is 20.0 Å². The number of nitro benzene ring substituents is 1. The van der Waals surface area contributed by atoms with Crippen LogP contribution in [0.25, 0.3) is 0 Å². The molecule has 1 aromatic heterocycles. The average Bonchev–Trinajstić information content (AvgIpc) is 2.85. The van der Waals surface area contributed by atoms with Crippen molar-refractivity contribution in [2.24, 2.45) is 5.10 Å². The van der Waals surface area contributed by atoms with E-state index in [-0.39, 0.29) is 11.7 Å². The predicted octanol–water partition coefficient (Wildman–Crippen LogP) is 0.613. The lowest BCUT2D eigenvalue weighted by molar-refractivity contribution is -0.386. The highest BCUT2D eigenvalue weighted by molar-refractivity contribution is 5.83. The van der Waals surface area contributed by atoms with E-state index in [2.05, 4.69) is 25.5 Å². The van der Waals surface area contributed by atoms with Crippen molar-refractivity contribution in [3.8, 4) is 11.5 Å². The van der Waals surface area contributed by atoms with Crippen molar-refractivity contribution in [2.75, 3.05) is 74.9 Å². The van der Waals surface area contributed by atoms with Crippen molar-refractivity contribution in [1.29, 1.82) is 0 Å². The molecule has 14 heteroatoms. The maximum atomic E-state index is 11.2. The summed E-state index contributed by atoms with van der Waals surface area (Å²) in [6.45, 7) is 4.97. The topological polar surface area (TPSA) is 161 Å². The molecule has 0 bridgehead atoms. The summed E-state index contributed by atoms with van der Waals surface area (Å²) in [6, 6.07) is 2.62. The minimum absolute atomic E-state index is 0.0324. The zero-order chi connectivity index (χ0) is 23.2. The number of anilines is 3. The van der Waals surface area contributed by atoms with Crippen LogP contribution in [0.15, 0.2) is 17.2 Å². The Morgan fingerprint density at radius 2 is 1.67 bits per heavy atom. The second-order valence-electron chi connectivity index (χ2n) is 7.18. The van der Waals surface area contributed by atoms with Crippen molar-refractivity contribution < 1.29 is 24.2 Å². The van der Waals surface area contributed by atoms with Gasteiger partial charge in [0, 0.05) is 37.8 Å². The fourth-order valence-electron chi connectivity index (χ4n) is 3.36. The van der Waals surface area contributed by atoms with Gasteiger partial charge in [-0.15, -0.1) is 0 Å². The van der Waals surface area contributed by atoms with Crippen LogP contribution in [0, 0.1) is 10.1 Å². The molecule has 0 atom stereocenters. The van der Waals surface area contributed by atoms with Crippen molar-refractivity contribution in [3.63, 3.8) is 0 Å². The Balaban J connectivity index is 1.58. The van der Waals surface area contributed by atoms with Crippen molar-refractivity contribution in [3.05, 3.63) is 27.8 Å². The van der Waals surface area contributed by atoms with E-state index < -0.39 is 16.4 Å². The molecule has 2 aliphatic rings. The van der Waals surface area contributed by atoms with Gasteiger partial charge in [0.1, 0.15) is 0 Å². The molecule has 176 valence electrons. The molecule has 0 aliphatic carbocycles. The molecule has 2 saturated heterocycles. The lowest BCUT2D eigenvalue weighted by Gasteiger charge is -2.30. The summed E-state index contributed by atoms with van der Waals surface area (Å²) in [6.07, 6.45) is 1.35. The molecule has 1 aromatic carbocycles. The van der Waals surface area contributed by atoms with E-state index >= 15 is 0 Å². The number of nitrogens with zero attached hydrogens (tertiary/aromatic N) is 7. The van der Waals surface area contributed by atoms with Crippen LogP contribution in [0.2, 0.25) is 0 Å². The van der Waals surface area contributed by atoms with Crippen molar-refractivity contribution >= 4 is 29.7 Å². The molecule has 2 aliphatic heterocycles. The Kier molecular flexibility index (Phi) is 6.95. The van der Waals surface area contributed by atoms with Crippen LogP contribution in [0.3, 0.4) is 0 Å². The maximum Gasteiger partial charge on any atom is 0.315 e. The summed E-state index contributed by atoms with van der Waals surface area (Å²) >= 11 is 0. The second kappa shape index (κ2) is 10.2. The quantitative estimate of drug-likeness (QED) is 0.337. The third-order valence-corrected chi connectivity index (χ3v) is 5.07. The molecular weight excluding hydrogens is 436 g/mol. The molecule has 2 N–H and O–H groups in total. The average molecular weight is 460 g/mol. The Morgan fingerprint density at radius 1 is 1.09 bits per heavy atom. The van der Waals surface area contributed by atoms with Gasteiger partial charge in [0.05, 0.1) is 44.7 Å². The number of methoxy groups -OCH3 is 1. The first-order valence-corrected chi connectivity index (χ1v) is 10.3. The van der Waals surface area contributed by atoms with E-state index in [0.717, 1.165) is 0 Å². The molecule has 0 radical (unpaired) electrons. The Hall–Kier alpha value is -3.78. The van der Waals surface area contributed by atoms with Gasteiger partial charge < -0.3 is 29.1 Å². The Labute approximate surface area is 189 Å². The van der Waals surface area contributed by atoms with E-state index in [4.69, 9.17) is 14.2 Å². The standard InChI is InChI=1S/C19H24N8O6/c1-31-15-11-13(10-14(16(15)28)27(29)30)12-20-24-17-21-18(25-2-6-32-7-3-25)23-19(22-17)26-4-8-33-9-5-26/h10-12,28H,2-9H2,1H3,(H,21,22,23,24)/b20-12+. The molecule has 0 unspecified atom stereocenters. The normalized spacial score (nSPS) is 16.8. The van der Waals surface area contributed by atoms with Crippen LogP contribution in [-0.2, 0) is 9.47 Å². The van der Waals surface area contributed by atoms with E-state index in [1.54, 1.807) is 0 Å². The summed E-state index contributed by atoms with van der Waals surface area (Å²) < 4.78 is 15.8. The smallest absolute Gasteiger partial charge is 0.315 e. The predicted molar refractivity (Wildman–Crippen MR) is 118 cm³/mol. The number of ether oxygens (including phenoxy) is 3. The molecule has 0 spiro atoms. The monoisotopic (exact) mass is 460 g/mol. The maximum absolute atomic E-state index is 11.2. The molecule has 0 saturated carbocycles. The summed E-state index contributed by atoms with van der Waals surface area (Å²) in [5, 5.41) is 25.2. The minimum atomic E-state index is -0.697. The highest BCUT2D eigenvalue weighted by atomic mass is 16.6. The molecule has 2 fully saturated rings. The van der Waals surface area contributed by atoms with Crippen LogP contribution in [0.5, 0.6) is 11.5 Å². The molecule has 4 rings (SSSR count). The number of morpholine rings is 2. The van der Waals surface area contributed by atoms with Gasteiger partial charge in [-0.25, -0.2) is 5.43 Å². The third-order valence-electron chi connectivity index (χ3n) is 5.07. The van der Waals surface area contributed by atoms with E-state index in [0.29, 0.717) is 70.1 Å². The number of benzene rings is 1. The number of phenolic OH excluding ortho intramolecular Hbond substituents is 1. The van der Waals surface area contributed by atoms with Gasteiger partial charge in [-0.05, 0) is 6.07 Å². The second-order valence-corrected chi connectivity index (χ2v) is 7.18. The number of aromatic nitrogens is 3. The lowest BCUT2D eigenvalue weighted by atomic mass is 10.2. The number of phenols is 1. The number of hydrogen-bond acceptors (Lipinski definition) is 13. The zero-order valence-corrected chi connectivity index (χ0v) is 18.0. The molecule has 33 heavy (non-hydrogen) atoms. The minimum Gasteiger partial charge on any atom is -0.500 e. The van der Waals surface area contributed by atoms with E-state index in [1.807, 2.05) is 9.80 Å². The first-order chi connectivity index (χ1) is 16.0. The van der Waals surface area contributed by atoms with Crippen LogP contribution in [0.4, 0.5) is 23.5 Å². The highest BCUT2D eigenvalue weighted by Crippen LogP contribution is 2.36. The van der Waals surface area contributed by atoms with Crippen molar-refractivity contribution in [1.82, 2.24) is 15.0 Å². The zero-order valence-electron chi connectivity index (χ0n) is 18.0. The number of hydrogen-bond donors (Lipinski definition) is 2. The fourth-order valence-corrected chi connectivity index (χ4v) is 3.36. The number of hydrazone groups is 1. The van der Waals surface area contributed by atoms with E-state index in [9.17, 15) is 15.2 Å². The molecule has 14 nitrogen and oxygen atoms in total.